The SMILES string of the molecule is O=C(CSc1nc2cc(F)ccc2o1)NO. The maximum atomic E-state index is 12.8. The smallest absolute Gasteiger partial charge is 0.257 e. The number of thioether (sulfide) groups is 1. The molecule has 2 aromatic rings. The van der Waals surface area contributed by atoms with Crippen molar-refractivity contribution in [3.63, 3.8) is 0 Å². The van der Waals surface area contributed by atoms with Gasteiger partial charge in [0.25, 0.3) is 11.1 Å². The number of amides is 1. The van der Waals surface area contributed by atoms with Crippen LogP contribution in [0.5, 0.6) is 0 Å². The van der Waals surface area contributed by atoms with E-state index >= 15 is 0 Å². The van der Waals surface area contributed by atoms with E-state index in [4.69, 9.17) is 9.62 Å². The molecule has 0 atom stereocenters. The summed E-state index contributed by atoms with van der Waals surface area (Å²) in [5.41, 5.74) is 2.34. The van der Waals surface area contributed by atoms with Crippen molar-refractivity contribution in [2.24, 2.45) is 0 Å². The molecule has 0 saturated carbocycles. The molecule has 0 aliphatic heterocycles. The Balaban J connectivity index is 2.16. The van der Waals surface area contributed by atoms with Gasteiger partial charge in [-0.15, -0.1) is 0 Å². The number of hydrogen-bond donors (Lipinski definition) is 2. The Morgan fingerprint density at radius 1 is 1.62 bits per heavy atom. The van der Waals surface area contributed by atoms with Crippen molar-refractivity contribution in [2.75, 3.05) is 5.75 Å². The van der Waals surface area contributed by atoms with E-state index in [0.29, 0.717) is 11.1 Å². The van der Waals surface area contributed by atoms with Crippen LogP contribution in [0.1, 0.15) is 0 Å². The highest BCUT2D eigenvalue weighted by Gasteiger charge is 2.09. The molecule has 0 fully saturated rings. The fourth-order valence-electron chi connectivity index (χ4n) is 1.10. The number of carbonyl (C=O) groups excluding carboxylic acids is 1. The molecule has 2 rings (SSSR count). The van der Waals surface area contributed by atoms with Crippen LogP contribution in [0.25, 0.3) is 11.1 Å². The third kappa shape index (κ3) is 2.31. The number of hydrogen-bond acceptors (Lipinski definition) is 5. The Hall–Kier alpha value is -1.60. The van der Waals surface area contributed by atoms with Gasteiger partial charge in [-0.05, 0) is 12.1 Å². The van der Waals surface area contributed by atoms with Crippen LogP contribution < -0.4 is 5.48 Å². The standard InChI is InChI=1S/C9H7FN2O3S/c10-5-1-2-7-6(3-5)11-9(15-7)16-4-8(13)12-14/h1-3,14H,4H2,(H,12,13). The Morgan fingerprint density at radius 3 is 3.19 bits per heavy atom. The lowest BCUT2D eigenvalue weighted by atomic mass is 10.3. The van der Waals surface area contributed by atoms with E-state index in [-0.39, 0.29) is 11.0 Å². The van der Waals surface area contributed by atoms with Gasteiger partial charge in [0.1, 0.15) is 11.3 Å². The molecule has 0 spiro atoms. The molecule has 16 heavy (non-hydrogen) atoms. The van der Waals surface area contributed by atoms with Gasteiger partial charge in [0.2, 0.25) is 0 Å². The minimum Gasteiger partial charge on any atom is -0.431 e. The molecule has 1 amide bonds. The van der Waals surface area contributed by atoms with Gasteiger partial charge in [0, 0.05) is 6.07 Å². The third-order valence-electron chi connectivity index (χ3n) is 1.78. The van der Waals surface area contributed by atoms with Crippen molar-refractivity contribution in [1.82, 2.24) is 10.5 Å². The average molecular weight is 242 g/mol. The number of benzene rings is 1. The summed E-state index contributed by atoms with van der Waals surface area (Å²) in [5, 5.41) is 8.53. The zero-order valence-corrected chi connectivity index (χ0v) is 8.75. The van der Waals surface area contributed by atoms with Gasteiger partial charge in [-0.2, -0.15) is 0 Å². The minimum atomic E-state index is -0.557. The van der Waals surface area contributed by atoms with Gasteiger partial charge in [-0.1, -0.05) is 11.8 Å². The number of oxazole rings is 1. The second-order valence-corrected chi connectivity index (χ2v) is 3.84. The number of rotatable bonds is 3. The molecule has 5 nitrogen and oxygen atoms in total. The maximum Gasteiger partial charge on any atom is 0.257 e. The van der Waals surface area contributed by atoms with E-state index in [0.717, 1.165) is 11.8 Å². The first-order valence-corrected chi connectivity index (χ1v) is 5.29. The van der Waals surface area contributed by atoms with Crippen molar-refractivity contribution in [3.05, 3.63) is 24.0 Å². The molecule has 7 heteroatoms. The second kappa shape index (κ2) is 4.50. The molecule has 0 aliphatic carbocycles. The number of nitrogens with one attached hydrogen (secondary N) is 1. The van der Waals surface area contributed by atoms with Gasteiger partial charge < -0.3 is 4.42 Å². The average Bonchev–Trinajstić information content (AvgIpc) is 2.67. The Bertz CT molecular complexity index is 528. The topological polar surface area (TPSA) is 75.4 Å². The molecule has 1 heterocycles. The molecule has 0 radical (unpaired) electrons. The van der Waals surface area contributed by atoms with E-state index in [1.807, 2.05) is 0 Å². The lowest BCUT2D eigenvalue weighted by molar-refractivity contribution is -0.126. The highest BCUT2D eigenvalue weighted by atomic mass is 32.2. The molecule has 0 aliphatic rings. The number of hydroxylamine groups is 1. The maximum absolute atomic E-state index is 12.8. The van der Waals surface area contributed by atoms with Gasteiger partial charge in [0.15, 0.2) is 5.58 Å². The van der Waals surface area contributed by atoms with Crippen molar-refractivity contribution < 1.29 is 18.8 Å². The predicted molar refractivity (Wildman–Crippen MR) is 54.6 cm³/mol. The van der Waals surface area contributed by atoms with Crippen LogP contribution in [0.3, 0.4) is 0 Å². The van der Waals surface area contributed by atoms with E-state index in [1.165, 1.54) is 23.7 Å². The Kier molecular flexibility index (Phi) is 3.07. The highest BCUT2D eigenvalue weighted by molar-refractivity contribution is 7.99. The molecule has 2 N–H and O–H groups in total. The zero-order valence-electron chi connectivity index (χ0n) is 7.94. The number of halogens is 1. The fourth-order valence-corrected chi connectivity index (χ4v) is 1.73. The van der Waals surface area contributed by atoms with E-state index in [9.17, 15) is 9.18 Å². The van der Waals surface area contributed by atoms with E-state index in [1.54, 1.807) is 0 Å². The van der Waals surface area contributed by atoms with Crippen LogP contribution in [0.4, 0.5) is 4.39 Å². The lowest BCUT2D eigenvalue weighted by Gasteiger charge is -1.93. The molecular weight excluding hydrogens is 235 g/mol. The van der Waals surface area contributed by atoms with Crippen molar-refractivity contribution in [2.45, 2.75) is 5.22 Å². The zero-order chi connectivity index (χ0) is 11.5. The monoisotopic (exact) mass is 242 g/mol. The summed E-state index contributed by atoms with van der Waals surface area (Å²) in [6.45, 7) is 0. The van der Waals surface area contributed by atoms with E-state index < -0.39 is 11.7 Å². The molecule has 1 aromatic carbocycles. The lowest BCUT2D eigenvalue weighted by Crippen LogP contribution is -2.20. The minimum absolute atomic E-state index is 0.0220. The van der Waals surface area contributed by atoms with Crippen LogP contribution in [-0.4, -0.2) is 21.9 Å². The first-order chi connectivity index (χ1) is 7.69. The van der Waals surface area contributed by atoms with Crippen LogP contribution >= 0.6 is 11.8 Å². The fraction of sp³-hybridized carbons (Fsp3) is 0.111. The van der Waals surface area contributed by atoms with Crippen LogP contribution in [0.2, 0.25) is 0 Å². The van der Waals surface area contributed by atoms with Crippen molar-refractivity contribution in [3.8, 4) is 0 Å². The molecule has 0 bridgehead atoms. The predicted octanol–water partition coefficient (Wildman–Crippen LogP) is 1.56. The summed E-state index contributed by atoms with van der Waals surface area (Å²) in [6.07, 6.45) is 0. The molecule has 0 saturated heterocycles. The number of fused-ring (bicyclic) bond motifs is 1. The molecule has 1 aromatic heterocycles. The first kappa shape index (κ1) is 10.9. The van der Waals surface area contributed by atoms with Crippen molar-refractivity contribution in [1.29, 1.82) is 0 Å². The molecule has 84 valence electrons. The summed E-state index contributed by atoms with van der Waals surface area (Å²) < 4.78 is 18.1. The van der Waals surface area contributed by atoms with Gasteiger partial charge in [-0.3, -0.25) is 10.0 Å². The van der Waals surface area contributed by atoms with Crippen molar-refractivity contribution >= 4 is 28.8 Å². The van der Waals surface area contributed by atoms with E-state index in [2.05, 4.69) is 4.98 Å². The molecular formula is C9H7FN2O3S. The normalized spacial score (nSPS) is 10.6. The summed E-state index contributed by atoms with van der Waals surface area (Å²) in [5.74, 6) is -0.977. The van der Waals surface area contributed by atoms with Gasteiger partial charge in [0.05, 0.1) is 5.75 Å². The van der Waals surface area contributed by atoms with Crippen LogP contribution in [0.15, 0.2) is 27.8 Å². The number of aromatic nitrogens is 1. The van der Waals surface area contributed by atoms with Crippen LogP contribution in [-0.2, 0) is 4.79 Å². The Morgan fingerprint density at radius 2 is 2.44 bits per heavy atom. The highest BCUT2D eigenvalue weighted by Crippen LogP contribution is 2.23. The number of nitrogens with zero attached hydrogens (tertiary/aromatic N) is 1. The van der Waals surface area contributed by atoms with Gasteiger partial charge >= 0.3 is 0 Å². The quantitative estimate of drug-likeness (QED) is 0.485. The van der Waals surface area contributed by atoms with Crippen LogP contribution in [0, 0.1) is 5.82 Å². The first-order valence-electron chi connectivity index (χ1n) is 4.31. The third-order valence-corrected chi connectivity index (χ3v) is 2.61. The van der Waals surface area contributed by atoms with Gasteiger partial charge in [-0.25, -0.2) is 14.9 Å². The summed E-state index contributed by atoms with van der Waals surface area (Å²) in [4.78, 5) is 14.7. The largest absolute Gasteiger partial charge is 0.431 e. The summed E-state index contributed by atoms with van der Waals surface area (Å²) in [7, 11) is 0. The Labute approximate surface area is 93.6 Å². The summed E-state index contributed by atoms with van der Waals surface area (Å²) >= 11 is 1.01. The molecule has 0 unspecified atom stereocenters. The summed E-state index contributed by atoms with van der Waals surface area (Å²) in [6, 6.07) is 3.98. The second-order valence-electron chi connectivity index (χ2n) is 2.92. The number of carbonyl (C=O) groups is 1.